The van der Waals surface area contributed by atoms with Gasteiger partial charge in [-0.1, -0.05) is 17.9 Å². The lowest BCUT2D eigenvalue weighted by atomic mass is 10.2. The predicted molar refractivity (Wildman–Crippen MR) is 84.5 cm³/mol. The second-order valence-electron chi connectivity index (χ2n) is 5.33. The van der Waals surface area contributed by atoms with Crippen LogP contribution in [0.2, 0.25) is 0 Å². The number of benzene rings is 1. The van der Waals surface area contributed by atoms with Gasteiger partial charge in [0.15, 0.2) is 0 Å². The fraction of sp³-hybridized carbons (Fsp3) is 0.529. The maximum atomic E-state index is 8.71. The summed E-state index contributed by atoms with van der Waals surface area (Å²) < 4.78 is 5.81. The van der Waals surface area contributed by atoms with E-state index in [-0.39, 0.29) is 6.61 Å². The molecule has 4 nitrogen and oxygen atoms in total. The van der Waals surface area contributed by atoms with E-state index in [9.17, 15) is 0 Å². The first-order valence-electron chi connectivity index (χ1n) is 7.51. The van der Waals surface area contributed by atoms with Gasteiger partial charge in [-0.15, -0.1) is 0 Å². The average Bonchev–Trinajstić information content (AvgIpc) is 2.70. The van der Waals surface area contributed by atoms with E-state index in [0.717, 1.165) is 37.5 Å². The van der Waals surface area contributed by atoms with E-state index in [2.05, 4.69) is 28.7 Å². The summed E-state index contributed by atoms with van der Waals surface area (Å²) in [7, 11) is 2.18. The van der Waals surface area contributed by atoms with Crippen molar-refractivity contribution in [1.29, 1.82) is 0 Å². The zero-order valence-corrected chi connectivity index (χ0v) is 12.7. The van der Waals surface area contributed by atoms with Crippen LogP contribution in [0, 0.1) is 11.8 Å². The Hall–Kier alpha value is -1.54. The lowest BCUT2D eigenvalue weighted by Crippen LogP contribution is -2.32. The van der Waals surface area contributed by atoms with E-state index in [1.807, 2.05) is 24.3 Å². The lowest BCUT2D eigenvalue weighted by molar-refractivity contribution is 0.212. The first-order chi connectivity index (χ1) is 10.3. The van der Waals surface area contributed by atoms with Gasteiger partial charge in [-0.3, -0.25) is 4.90 Å². The summed E-state index contributed by atoms with van der Waals surface area (Å²) >= 11 is 0. The standard InChI is InChI=1S/C17H24N2O2/c1-18-8-4-9-19(11-10-18)12-14-21-17-7-2-5-16(15-17)6-3-13-20/h2,5,7,15,20H,4,8-14H2,1H3. The Morgan fingerprint density at radius 2 is 2.14 bits per heavy atom. The van der Waals surface area contributed by atoms with Gasteiger partial charge in [-0.05, 0) is 44.8 Å². The molecule has 0 amide bonds. The summed E-state index contributed by atoms with van der Waals surface area (Å²) in [5.41, 5.74) is 0.873. The molecule has 4 heteroatoms. The van der Waals surface area contributed by atoms with Gasteiger partial charge in [-0.25, -0.2) is 0 Å². The SMILES string of the molecule is CN1CCCN(CCOc2cccc(C#CCO)c2)CC1. The first kappa shape index (κ1) is 15.8. The maximum absolute atomic E-state index is 8.71. The largest absolute Gasteiger partial charge is 0.492 e. The number of ether oxygens (including phenoxy) is 1. The molecule has 21 heavy (non-hydrogen) atoms. The molecule has 0 bridgehead atoms. The van der Waals surface area contributed by atoms with Crippen molar-refractivity contribution in [3.05, 3.63) is 29.8 Å². The molecule has 0 aliphatic carbocycles. The van der Waals surface area contributed by atoms with Gasteiger partial charge in [0, 0.05) is 25.2 Å². The van der Waals surface area contributed by atoms with Gasteiger partial charge in [0.05, 0.1) is 0 Å². The molecule has 0 aromatic heterocycles. The molecule has 2 rings (SSSR count). The van der Waals surface area contributed by atoms with E-state index in [1.54, 1.807) is 0 Å². The highest BCUT2D eigenvalue weighted by Crippen LogP contribution is 2.12. The van der Waals surface area contributed by atoms with Crippen LogP contribution < -0.4 is 4.74 Å². The molecule has 1 aliphatic heterocycles. The maximum Gasteiger partial charge on any atom is 0.120 e. The Morgan fingerprint density at radius 1 is 1.24 bits per heavy atom. The van der Waals surface area contributed by atoms with Crippen LogP contribution in [0.1, 0.15) is 12.0 Å². The van der Waals surface area contributed by atoms with Crippen molar-refractivity contribution in [3.63, 3.8) is 0 Å². The second kappa shape index (κ2) is 8.68. The van der Waals surface area contributed by atoms with Crippen molar-refractivity contribution in [1.82, 2.24) is 9.80 Å². The van der Waals surface area contributed by atoms with E-state index < -0.39 is 0 Å². The van der Waals surface area contributed by atoms with Crippen molar-refractivity contribution >= 4 is 0 Å². The molecule has 1 heterocycles. The van der Waals surface area contributed by atoms with Crippen molar-refractivity contribution in [2.45, 2.75) is 6.42 Å². The summed E-state index contributed by atoms with van der Waals surface area (Å²) in [4.78, 5) is 4.84. The lowest BCUT2D eigenvalue weighted by Gasteiger charge is -2.20. The molecule has 1 fully saturated rings. The quantitative estimate of drug-likeness (QED) is 0.840. The zero-order valence-electron chi connectivity index (χ0n) is 12.7. The molecule has 1 N–H and O–H groups in total. The van der Waals surface area contributed by atoms with E-state index in [4.69, 9.17) is 9.84 Å². The normalized spacial score (nSPS) is 16.9. The molecule has 0 unspecified atom stereocenters. The van der Waals surface area contributed by atoms with Crippen molar-refractivity contribution in [2.75, 3.05) is 53.0 Å². The fourth-order valence-corrected chi connectivity index (χ4v) is 2.42. The summed E-state index contributed by atoms with van der Waals surface area (Å²) in [6.45, 7) is 6.11. The third-order valence-electron chi connectivity index (χ3n) is 3.63. The van der Waals surface area contributed by atoms with E-state index in [1.165, 1.54) is 13.0 Å². The van der Waals surface area contributed by atoms with Crippen LogP contribution in [0.5, 0.6) is 5.75 Å². The smallest absolute Gasteiger partial charge is 0.120 e. The minimum Gasteiger partial charge on any atom is -0.492 e. The highest BCUT2D eigenvalue weighted by atomic mass is 16.5. The summed E-state index contributed by atoms with van der Waals surface area (Å²) in [6, 6.07) is 7.71. The molecule has 0 atom stereocenters. The first-order valence-corrected chi connectivity index (χ1v) is 7.51. The van der Waals surface area contributed by atoms with Crippen molar-refractivity contribution < 1.29 is 9.84 Å². The Morgan fingerprint density at radius 3 is 3.00 bits per heavy atom. The van der Waals surface area contributed by atoms with Gasteiger partial charge in [0.1, 0.15) is 19.0 Å². The monoisotopic (exact) mass is 288 g/mol. The molecular weight excluding hydrogens is 264 g/mol. The molecule has 0 spiro atoms. The second-order valence-corrected chi connectivity index (χ2v) is 5.33. The molecule has 0 saturated carbocycles. The number of aliphatic hydroxyl groups is 1. The topological polar surface area (TPSA) is 35.9 Å². The number of likely N-dealkylation sites (N-methyl/N-ethyl adjacent to an activating group) is 1. The molecule has 0 radical (unpaired) electrons. The van der Waals surface area contributed by atoms with Gasteiger partial charge < -0.3 is 14.7 Å². The minimum absolute atomic E-state index is 0.117. The van der Waals surface area contributed by atoms with E-state index >= 15 is 0 Å². The summed E-state index contributed by atoms with van der Waals surface area (Å²) in [6.07, 6.45) is 1.22. The van der Waals surface area contributed by atoms with Gasteiger partial charge >= 0.3 is 0 Å². The Balaban J connectivity index is 1.77. The van der Waals surface area contributed by atoms with Crippen LogP contribution in [0.3, 0.4) is 0 Å². The molecular formula is C17H24N2O2. The fourth-order valence-electron chi connectivity index (χ4n) is 2.42. The number of hydrogen-bond donors (Lipinski definition) is 1. The molecule has 1 saturated heterocycles. The summed E-state index contributed by atoms with van der Waals surface area (Å²) in [5, 5.41) is 8.71. The number of nitrogens with zero attached hydrogens (tertiary/aromatic N) is 2. The van der Waals surface area contributed by atoms with Crippen LogP contribution in [0.25, 0.3) is 0 Å². The number of aliphatic hydroxyl groups excluding tert-OH is 1. The highest BCUT2D eigenvalue weighted by molar-refractivity contribution is 5.39. The van der Waals surface area contributed by atoms with Crippen molar-refractivity contribution in [2.24, 2.45) is 0 Å². The molecule has 1 aromatic carbocycles. The Kier molecular flexibility index (Phi) is 6.55. The Bertz CT molecular complexity index is 493. The van der Waals surface area contributed by atoms with Crippen LogP contribution in [0.15, 0.2) is 24.3 Å². The molecule has 1 aliphatic rings. The van der Waals surface area contributed by atoms with E-state index in [0.29, 0.717) is 6.61 Å². The zero-order chi connectivity index (χ0) is 14.9. The van der Waals surface area contributed by atoms with Gasteiger partial charge in [-0.2, -0.15) is 0 Å². The molecule has 1 aromatic rings. The van der Waals surface area contributed by atoms with Gasteiger partial charge in [0.2, 0.25) is 0 Å². The highest BCUT2D eigenvalue weighted by Gasteiger charge is 2.11. The average molecular weight is 288 g/mol. The van der Waals surface area contributed by atoms with Crippen molar-refractivity contribution in [3.8, 4) is 17.6 Å². The number of rotatable bonds is 4. The predicted octanol–water partition coefficient (Wildman–Crippen LogP) is 1.05. The third kappa shape index (κ3) is 5.76. The summed E-state index contributed by atoms with van der Waals surface area (Å²) in [5.74, 6) is 6.38. The Labute approximate surface area is 127 Å². The minimum atomic E-state index is -0.117. The van der Waals surface area contributed by atoms with Crippen LogP contribution in [0.4, 0.5) is 0 Å². The van der Waals surface area contributed by atoms with Crippen LogP contribution in [-0.4, -0.2) is 67.9 Å². The van der Waals surface area contributed by atoms with Crippen LogP contribution >= 0.6 is 0 Å². The van der Waals surface area contributed by atoms with Crippen LogP contribution in [-0.2, 0) is 0 Å². The molecule has 114 valence electrons. The van der Waals surface area contributed by atoms with Gasteiger partial charge in [0.25, 0.3) is 0 Å². The number of hydrogen-bond acceptors (Lipinski definition) is 4. The third-order valence-corrected chi connectivity index (χ3v) is 3.63.